The predicted octanol–water partition coefficient (Wildman–Crippen LogP) is 3.04. The Labute approximate surface area is 84.4 Å². The van der Waals surface area contributed by atoms with Gasteiger partial charge in [-0.25, -0.2) is 0 Å². The molecule has 1 nitrogen and oxygen atoms in total. The topological polar surface area (TPSA) is 20.2 Å². The zero-order valence-corrected chi connectivity index (χ0v) is 8.59. The molecule has 0 saturated heterocycles. The van der Waals surface area contributed by atoms with Crippen molar-refractivity contribution in [3.63, 3.8) is 0 Å². The Bertz CT molecular complexity index is 260. The van der Waals surface area contributed by atoms with Gasteiger partial charge in [-0.15, -0.1) is 0 Å². The van der Waals surface area contributed by atoms with Gasteiger partial charge in [-0.05, 0) is 30.5 Å². The summed E-state index contributed by atoms with van der Waals surface area (Å²) in [6.07, 6.45) is 2.34. The van der Waals surface area contributed by atoms with E-state index in [1.165, 1.54) is 0 Å². The molecule has 72 valence electrons. The Kier molecular flexibility index (Phi) is 4.26. The minimum Gasteiger partial charge on any atom is -0.393 e. The smallest absolute Gasteiger partial charge is 0.0580 e. The lowest BCUT2D eigenvalue weighted by atomic mass is 10.1. The maximum absolute atomic E-state index is 9.55. The Morgan fingerprint density at radius 1 is 1.46 bits per heavy atom. The van der Waals surface area contributed by atoms with Gasteiger partial charge in [0.2, 0.25) is 0 Å². The number of hydrogen-bond acceptors (Lipinski definition) is 1. The van der Waals surface area contributed by atoms with Crippen LogP contribution in [0.1, 0.15) is 25.3 Å². The van der Waals surface area contributed by atoms with Gasteiger partial charge in [0.25, 0.3) is 0 Å². The predicted molar refractivity (Wildman–Crippen MR) is 56.1 cm³/mol. The Morgan fingerprint density at radius 2 is 2.23 bits per heavy atom. The molecule has 0 aliphatic rings. The fourth-order valence-corrected chi connectivity index (χ4v) is 1.58. The van der Waals surface area contributed by atoms with Crippen LogP contribution in [0.5, 0.6) is 0 Å². The van der Waals surface area contributed by atoms with Gasteiger partial charge in [0, 0.05) is 5.02 Å². The maximum Gasteiger partial charge on any atom is 0.0580 e. The molecule has 0 aliphatic heterocycles. The highest BCUT2D eigenvalue weighted by molar-refractivity contribution is 6.30. The van der Waals surface area contributed by atoms with E-state index in [2.05, 4.69) is 6.92 Å². The van der Waals surface area contributed by atoms with Crippen molar-refractivity contribution >= 4 is 11.6 Å². The molecular formula is C11H15ClO. The first-order valence-electron chi connectivity index (χ1n) is 4.65. The van der Waals surface area contributed by atoms with Crippen molar-refractivity contribution in [3.05, 3.63) is 34.9 Å². The second kappa shape index (κ2) is 5.25. The van der Waals surface area contributed by atoms with E-state index in [1.807, 2.05) is 24.3 Å². The molecule has 1 aromatic rings. The molecule has 2 heteroatoms. The summed E-state index contributed by atoms with van der Waals surface area (Å²) in [6, 6.07) is 7.65. The van der Waals surface area contributed by atoms with Crippen LogP contribution < -0.4 is 0 Å². The minimum absolute atomic E-state index is 0.233. The normalized spacial score (nSPS) is 12.8. The van der Waals surface area contributed by atoms with Gasteiger partial charge < -0.3 is 5.11 Å². The van der Waals surface area contributed by atoms with Crippen molar-refractivity contribution in [2.24, 2.45) is 0 Å². The third-order valence-corrected chi connectivity index (χ3v) is 2.22. The van der Waals surface area contributed by atoms with Gasteiger partial charge in [0.1, 0.15) is 0 Å². The van der Waals surface area contributed by atoms with Gasteiger partial charge in [-0.1, -0.05) is 37.1 Å². The van der Waals surface area contributed by atoms with Crippen LogP contribution in [0.15, 0.2) is 24.3 Å². The number of aliphatic hydroxyl groups excluding tert-OH is 1. The van der Waals surface area contributed by atoms with Crippen LogP contribution in [0, 0.1) is 0 Å². The summed E-state index contributed by atoms with van der Waals surface area (Å²) in [5, 5.41) is 10.3. The summed E-state index contributed by atoms with van der Waals surface area (Å²) in [6.45, 7) is 2.07. The molecular weight excluding hydrogens is 184 g/mol. The second-order valence-corrected chi connectivity index (χ2v) is 3.71. The summed E-state index contributed by atoms with van der Waals surface area (Å²) >= 11 is 5.82. The van der Waals surface area contributed by atoms with Crippen LogP contribution in [0.4, 0.5) is 0 Å². The summed E-state index contributed by atoms with van der Waals surface area (Å²) in [4.78, 5) is 0. The molecule has 0 fully saturated rings. The van der Waals surface area contributed by atoms with E-state index in [0.29, 0.717) is 6.42 Å². The molecule has 0 aliphatic carbocycles. The van der Waals surface area contributed by atoms with E-state index >= 15 is 0 Å². The highest BCUT2D eigenvalue weighted by Gasteiger charge is 2.03. The van der Waals surface area contributed by atoms with E-state index in [-0.39, 0.29) is 6.10 Å². The lowest BCUT2D eigenvalue weighted by molar-refractivity contribution is 0.164. The fraction of sp³-hybridized carbons (Fsp3) is 0.455. The first-order valence-corrected chi connectivity index (χ1v) is 5.02. The fourth-order valence-electron chi connectivity index (χ4n) is 1.37. The monoisotopic (exact) mass is 198 g/mol. The van der Waals surface area contributed by atoms with E-state index in [1.54, 1.807) is 0 Å². The lowest BCUT2D eigenvalue weighted by Gasteiger charge is -2.08. The molecule has 1 rings (SSSR count). The van der Waals surface area contributed by atoms with Crippen LogP contribution in [-0.4, -0.2) is 11.2 Å². The van der Waals surface area contributed by atoms with E-state index in [4.69, 9.17) is 11.6 Å². The number of hydrogen-bond donors (Lipinski definition) is 1. The SMILES string of the molecule is CCC[C@@H](O)Cc1cccc(Cl)c1. The van der Waals surface area contributed by atoms with Crippen molar-refractivity contribution in [3.8, 4) is 0 Å². The van der Waals surface area contributed by atoms with Crippen LogP contribution in [0.2, 0.25) is 5.02 Å². The average molecular weight is 199 g/mol. The van der Waals surface area contributed by atoms with Crippen LogP contribution in [0.25, 0.3) is 0 Å². The van der Waals surface area contributed by atoms with Crippen molar-refractivity contribution in [1.29, 1.82) is 0 Å². The minimum atomic E-state index is -0.233. The molecule has 1 aromatic carbocycles. The van der Waals surface area contributed by atoms with Crippen molar-refractivity contribution < 1.29 is 5.11 Å². The summed E-state index contributed by atoms with van der Waals surface area (Å²) < 4.78 is 0. The lowest BCUT2D eigenvalue weighted by Crippen LogP contribution is -2.09. The number of aliphatic hydroxyl groups is 1. The number of benzene rings is 1. The Balaban J connectivity index is 2.53. The van der Waals surface area contributed by atoms with E-state index in [0.717, 1.165) is 23.4 Å². The molecule has 13 heavy (non-hydrogen) atoms. The van der Waals surface area contributed by atoms with Crippen molar-refractivity contribution in [1.82, 2.24) is 0 Å². The first-order chi connectivity index (χ1) is 6.22. The quantitative estimate of drug-likeness (QED) is 0.789. The molecule has 0 amide bonds. The summed E-state index contributed by atoms with van der Waals surface area (Å²) in [5.74, 6) is 0. The summed E-state index contributed by atoms with van der Waals surface area (Å²) in [7, 11) is 0. The van der Waals surface area contributed by atoms with Crippen LogP contribution >= 0.6 is 11.6 Å². The zero-order chi connectivity index (χ0) is 9.68. The third-order valence-electron chi connectivity index (χ3n) is 1.98. The molecule has 1 atom stereocenters. The second-order valence-electron chi connectivity index (χ2n) is 3.28. The largest absolute Gasteiger partial charge is 0.393 e. The Morgan fingerprint density at radius 3 is 2.85 bits per heavy atom. The summed E-state index contributed by atoms with van der Waals surface area (Å²) in [5.41, 5.74) is 1.11. The molecule has 0 heterocycles. The van der Waals surface area contributed by atoms with E-state index < -0.39 is 0 Å². The van der Waals surface area contributed by atoms with Crippen molar-refractivity contribution in [2.45, 2.75) is 32.3 Å². The van der Waals surface area contributed by atoms with Gasteiger partial charge in [0.15, 0.2) is 0 Å². The van der Waals surface area contributed by atoms with Crippen LogP contribution in [0.3, 0.4) is 0 Å². The molecule has 0 bridgehead atoms. The third kappa shape index (κ3) is 3.79. The molecule has 0 radical (unpaired) electrons. The molecule has 0 unspecified atom stereocenters. The van der Waals surface area contributed by atoms with Crippen LogP contribution in [-0.2, 0) is 6.42 Å². The number of halogens is 1. The van der Waals surface area contributed by atoms with Gasteiger partial charge in [0.05, 0.1) is 6.10 Å². The first kappa shape index (κ1) is 10.6. The molecule has 0 saturated carbocycles. The van der Waals surface area contributed by atoms with Crippen molar-refractivity contribution in [2.75, 3.05) is 0 Å². The molecule has 0 aromatic heterocycles. The highest BCUT2D eigenvalue weighted by Crippen LogP contribution is 2.13. The van der Waals surface area contributed by atoms with Gasteiger partial charge in [-0.2, -0.15) is 0 Å². The molecule has 0 spiro atoms. The average Bonchev–Trinajstić information content (AvgIpc) is 2.04. The highest BCUT2D eigenvalue weighted by atomic mass is 35.5. The maximum atomic E-state index is 9.55. The number of rotatable bonds is 4. The van der Waals surface area contributed by atoms with E-state index in [9.17, 15) is 5.11 Å². The van der Waals surface area contributed by atoms with Gasteiger partial charge in [-0.3, -0.25) is 0 Å². The van der Waals surface area contributed by atoms with Gasteiger partial charge >= 0.3 is 0 Å². The standard InChI is InChI=1S/C11H15ClO/c1-2-4-11(13)8-9-5-3-6-10(12)7-9/h3,5-7,11,13H,2,4,8H2,1H3/t11-/m1/s1. The Hall–Kier alpha value is -0.530. The molecule has 1 N–H and O–H groups in total. The zero-order valence-electron chi connectivity index (χ0n) is 7.83.